The molecule has 16 nitrogen and oxygen atoms in total. The summed E-state index contributed by atoms with van der Waals surface area (Å²) in [7, 11) is -1.35. The Balaban J connectivity index is 1.25. The molecule has 0 saturated carbocycles. The molecule has 4 heterocycles. The number of imidazole rings is 1. The van der Waals surface area contributed by atoms with Crippen LogP contribution in [0.3, 0.4) is 0 Å². The molecule has 2 aliphatic rings. The van der Waals surface area contributed by atoms with Gasteiger partial charge >= 0.3 is 14.1 Å². The summed E-state index contributed by atoms with van der Waals surface area (Å²) < 4.78 is 40.7. The molecule has 6 atom stereocenters. The van der Waals surface area contributed by atoms with E-state index in [0.29, 0.717) is 40.8 Å². The predicted octanol–water partition coefficient (Wildman–Crippen LogP) is 3.24. The van der Waals surface area contributed by atoms with E-state index < -0.39 is 44.2 Å². The van der Waals surface area contributed by atoms with Gasteiger partial charge in [0.25, 0.3) is 0 Å². The van der Waals surface area contributed by atoms with Crippen LogP contribution in [0.5, 0.6) is 17.4 Å². The lowest BCUT2D eigenvalue weighted by molar-refractivity contribution is -0.170. The van der Waals surface area contributed by atoms with E-state index in [9.17, 15) is 19.9 Å². The Morgan fingerprint density at radius 1 is 1.22 bits per heavy atom. The normalized spacial score (nSPS) is 23.8. The molecule has 0 amide bonds. The average Bonchev–Trinajstić information content (AvgIpc) is 3.52. The van der Waals surface area contributed by atoms with Gasteiger partial charge in [-0.3, -0.25) is 9.09 Å². The molecule has 6 rings (SSSR count). The zero-order valence-electron chi connectivity index (χ0n) is 27.8. The summed E-state index contributed by atoms with van der Waals surface area (Å²) in [4.78, 5) is 39.3. The van der Waals surface area contributed by atoms with Crippen LogP contribution in [-0.4, -0.2) is 92.6 Å². The number of anilines is 1. The third kappa shape index (κ3) is 7.30. The highest BCUT2D eigenvalue weighted by atomic mass is 127. The van der Waals surface area contributed by atoms with Gasteiger partial charge < -0.3 is 44.5 Å². The molecule has 0 radical (unpaired) electrons. The smallest absolute Gasteiger partial charge is 0.395 e. The lowest BCUT2D eigenvalue weighted by Crippen LogP contribution is -2.45. The van der Waals surface area contributed by atoms with Crippen LogP contribution < -0.4 is 24.6 Å². The van der Waals surface area contributed by atoms with Gasteiger partial charge in [0.15, 0.2) is 33.0 Å². The zero-order valence-corrected chi connectivity index (χ0v) is 30.8. The number of methoxy groups -OCH3 is 1. The number of aliphatic hydroxyl groups excluding tert-OH is 1. The number of fused-ring (bicyclic) bond motifs is 2. The summed E-state index contributed by atoms with van der Waals surface area (Å²) >= 11 is 1.96. The minimum Gasteiger partial charge on any atom is -0.575 e. The van der Waals surface area contributed by atoms with Gasteiger partial charge in [-0.25, -0.2) is 9.78 Å². The highest BCUT2D eigenvalue weighted by Crippen LogP contribution is 2.44. The second kappa shape index (κ2) is 15.0. The lowest BCUT2D eigenvalue weighted by Gasteiger charge is -2.27. The van der Waals surface area contributed by atoms with Crippen LogP contribution in [-0.2, 0) is 19.0 Å². The molecular weight excluding hydrogens is 786 g/mol. The topological polar surface area (TPSA) is 218 Å². The molecule has 0 bridgehead atoms. The number of aliphatic hydroxyl groups is 2. The van der Waals surface area contributed by atoms with Gasteiger partial charge in [0.1, 0.15) is 30.5 Å². The predicted molar refractivity (Wildman–Crippen MR) is 188 cm³/mol. The second-order valence-electron chi connectivity index (χ2n) is 12.5. The third-order valence-electron chi connectivity index (χ3n) is 8.62. The van der Waals surface area contributed by atoms with E-state index >= 15 is 0 Å². The standard InChI is InChI=1S/C32H38IN6O10P/c1-16(2)22(28(41)47-18-11-13-45-14-12-18)38-50(43)49-24-19-8-6-5-7-17(19)9-10-20(24)46-15-21-25(40)32(3,42)29(48-21)39-26-23(35-30(39)33)27(44-4)37-31(34)36-26/h5-10,16,18,21-22,25,29,40,42H,11-15H2,1-4H3,(H2,34,36,37)/t21-,22+,25-,29-,32-/m1/s1. The molecule has 2 aromatic heterocycles. The number of ether oxygens (including phenoxy) is 5. The number of nitrogens with two attached hydrogens (primary N) is 1. The summed E-state index contributed by atoms with van der Waals surface area (Å²) in [6.07, 6.45) is -2.75. The summed E-state index contributed by atoms with van der Waals surface area (Å²) in [5.74, 6) is -0.509. The fraction of sp³-hybridized carbons (Fsp3) is 0.500. The van der Waals surface area contributed by atoms with Gasteiger partial charge in [0.05, 0.1) is 20.3 Å². The Kier molecular flexibility index (Phi) is 10.9. The molecule has 2 aromatic carbocycles. The van der Waals surface area contributed by atoms with Crippen LogP contribution in [0.25, 0.3) is 21.9 Å². The van der Waals surface area contributed by atoms with E-state index in [1.165, 1.54) is 18.6 Å². The molecule has 0 spiro atoms. The highest BCUT2D eigenvalue weighted by molar-refractivity contribution is 14.1. The van der Waals surface area contributed by atoms with Crippen LogP contribution in [0.15, 0.2) is 41.1 Å². The maximum absolute atomic E-state index is 13.4. The second-order valence-corrected chi connectivity index (χ2v) is 14.4. The molecule has 2 aliphatic heterocycles. The maximum Gasteiger partial charge on any atom is 0.395 e. The van der Waals surface area contributed by atoms with E-state index in [-0.39, 0.29) is 47.6 Å². The van der Waals surface area contributed by atoms with Crippen LogP contribution in [0.1, 0.15) is 39.8 Å². The Hall–Kier alpha value is -3.45. The van der Waals surface area contributed by atoms with Gasteiger partial charge in [-0.05, 0) is 24.3 Å². The number of carbonyl (C=O) groups excluding carboxylic acids is 1. The minimum absolute atomic E-state index is 0.0743. The zero-order chi connectivity index (χ0) is 35.7. The largest absolute Gasteiger partial charge is 0.575 e. The summed E-state index contributed by atoms with van der Waals surface area (Å²) in [5, 5.41) is 24.2. The van der Waals surface area contributed by atoms with Gasteiger partial charge in [-0.1, -0.05) is 48.9 Å². The lowest BCUT2D eigenvalue weighted by atomic mass is 9.96. The van der Waals surface area contributed by atoms with E-state index in [1.807, 2.05) is 34.7 Å². The van der Waals surface area contributed by atoms with E-state index in [1.54, 1.807) is 38.1 Å². The molecule has 0 aliphatic carbocycles. The SMILES string of the molecule is COc1nc(N)nc2c1nc(I)n2[C@@H]1O[C@H](COc2ccc3ccccc3c2O[P+]([O-])=N[C@H](C(=O)OC2CCOCC2)C(C)C)[C@@H](O)[C@@]1(C)O. The van der Waals surface area contributed by atoms with Crippen molar-refractivity contribution < 1.29 is 48.1 Å². The van der Waals surface area contributed by atoms with Crippen molar-refractivity contribution in [2.75, 3.05) is 32.7 Å². The van der Waals surface area contributed by atoms with Gasteiger partial charge in [-0.2, -0.15) is 9.97 Å². The van der Waals surface area contributed by atoms with Crippen molar-refractivity contribution in [2.45, 2.75) is 69.8 Å². The summed E-state index contributed by atoms with van der Waals surface area (Å²) in [5.41, 5.74) is 4.62. The number of rotatable bonds is 11. The van der Waals surface area contributed by atoms with Crippen molar-refractivity contribution in [3.05, 3.63) is 40.2 Å². The molecule has 2 saturated heterocycles. The first-order valence-electron chi connectivity index (χ1n) is 16.0. The van der Waals surface area contributed by atoms with Crippen LogP contribution >= 0.6 is 30.8 Å². The number of carbonyl (C=O) groups is 1. The van der Waals surface area contributed by atoms with Crippen molar-refractivity contribution in [2.24, 2.45) is 10.7 Å². The number of nitrogens with zero attached hydrogens (tertiary/aromatic N) is 5. The number of hydrogen-bond donors (Lipinski definition) is 3. The van der Waals surface area contributed by atoms with Crippen molar-refractivity contribution >= 4 is 64.6 Å². The first kappa shape index (κ1) is 36.3. The van der Waals surface area contributed by atoms with Crippen molar-refractivity contribution in [3.63, 3.8) is 0 Å². The van der Waals surface area contributed by atoms with Crippen LogP contribution in [0.4, 0.5) is 5.95 Å². The third-order valence-corrected chi connectivity index (χ3v) is 10.2. The molecular formula is C32H38IN6O10P. The maximum atomic E-state index is 13.4. The van der Waals surface area contributed by atoms with Gasteiger partial charge in [0, 0.05) is 40.8 Å². The van der Waals surface area contributed by atoms with Crippen molar-refractivity contribution in [1.82, 2.24) is 19.5 Å². The first-order valence-corrected chi connectivity index (χ1v) is 18.2. The fourth-order valence-corrected chi connectivity index (χ4v) is 7.61. The Morgan fingerprint density at radius 3 is 2.68 bits per heavy atom. The quantitative estimate of drug-likeness (QED) is 0.0857. The number of esters is 1. The van der Waals surface area contributed by atoms with Crippen molar-refractivity contribution in [3.8, 4) is 17.4 Å². The number of benzene rings is 2. The van der Waals surface area contributed by atoms with Crippen LogP contribution in [0, 0.1) is 9.75 Å². The molecule has 4 N–H and O–H groups in total. The monoisotopic (exact) mass is 824 g/mol. The minimum atomic E-state index is -2.77. The number of hydrogen-bond acceptors (Lipinski definition) is 15. The Bertz CT molecular complexity index is 1900. The average molecular weight is 825 g/mol. The first-order chi connectivity index (χ1) is 23.9. The fourth-order valence-electron chi connectivity index (χ4n) is 5.93. The summed E-state index contributed by atoms with van der Waals surface area (Å²) in [6.45, 7) is 5.77. The Morgan fingerprint density at radius 2 is 1.96 bits per heavy atom. The number of nitrogen functional groups attached to an aromatic ring is 1. The number of aromatic nitrogens is 4. The Labute approximate surface area is 302 Å². The molecule has 1 unspecified atom stereocenters. The molecule has 18 heteroatoms. The van der Waals surface area contributed by atoms with E-state index in [0.717, 1.165) is 5.39 Å². The molecule has 2 fully saturated rings. The highest BCUT2D eigenvalue weighted by Gasteiger charge is 2.54. The molecule has 268 valence electrons. The van der Waals surface area contributed by atoms with Crippen LogP contribution in [0.2, 0.25) is 0 Å². The van der Waals surface area contributed by atoms with E-state index in [4.69, 9.17) is 33.9 Å². The molecule has 50 heavy (non-hydrogen) atoms. The van der Waals surface area contributed by atoms with Crippen molar-refractivity contribution in [1.29, 1.82) is 0 Å². The molecule has 4 aromatic rings. The number of halogens is 1. The van der Waals surface area contributed by atoms with E-state index in [2.05, 4.69) is 19.7 Å². The van der Waals surface area contributed by atoms with Gasteiger partial charge in [-0.15, -0.1) is 0 Å². The van der Waals surface area contributed by atoms with Gasteiger partial charge in [0.2, 0.25) is 17.6 Å². The summed E-state index contributed by atoms with van der Waals surface area (Å²) in [6, 6.07) is 9.67.